The van der Waals surface area contributed by atoms with Crippen LogP contribution in [0, 0.1) is 0 Å². The maximum atomic E-state index is 13.2. The Morgan fingerprint density at radius 3 is 2.39 bits per heavy atom. The molecule has 1 aliphatic heterocycles. The van der Waals surface area contributed by atoms with Gasteiger partial charge in [-0.1, -0.05) is 48.0 Å². The molecule has 0 spiro atoms. The Morgan fingerprint density at radius 2 is 1.81 bits per heavy atom. The van der Waals surface area contributed by atoms with Crippen LogP contribution in [-0.4, -0.2) is 41.7 Å². The summed E-state index contributed by atoms with van der Waals surface area (Å²) in [7, 11) is 0. The molecule has 1 saturated heterocycles. The van der Waals surface area contributed by atoms with Crippen molar-refractivity contribution in [3.8, 4) is 0 Å². The Bertz CT molecular complexity index is 900. The molecular formula is C22H23ClF4N2O2. The maximum Gasteiger partial charge on any atom is 0.417 e. The molecule has 31 heavy (non-hydrogen) atoms. The van der Waals surface area contributed by atoms with Crippen molar-refractivity contribution in [2.45, 2.75) is 37.1 Å². The quantitative estimate of drug-likeness (QED) is 0.464. The molecule has 1 heterocycles. The number of nitrogens with one attached hydrogen (secondary N) is 1. The predicted octanol–water partition coefficient (Wildman–Crippen LogP) is 4.76. The van der Waals surface area contributed by atoms with Crippen LogP contribution in [0.25, 0.3) is 0 Å². The van der Waals surface area contributed by atoms with Gasteiger partial charge in [0.15, 0.2) is 5.78 Å². The van der Waals surface area contributed by atoms with Gasteiger partial charge in [-0.25, -0.2) is 10.4 Å². The number of carbonyl (C=O) groups is 1. The zero-order valence-electron chi connectivity index (χ0n) is 16.6. The number of hydrogen-bond acceptors (Lipinski definition) is 4. The van der Waals surface area contributed by atoms with Gasteiger partial charge in [-0.3, -0.25) is 9.18 Å². The minimum atomic E-state index is -4.62. The molecule has 1 fully saturated rings. The number of hydrogen-bond donors (Lipinski definition) is 2. The molecule has 0 saturated carbocycles. The number of piperidine rings is 1. The molecule has 0 bridgehead atoms. The number of halogens is 5. The predicted molar refractivity (Wildman–Crippen MR) is 109 cm³/mol. The van der Waals surface area contributed by atoms with E-state index in [4.69, 9.17) is 11.6 Å². The summed E-state index contributed by atoms with van der Waals surface area (Å²) in [6.45, 7) is -0.143. The van der Waals surface area contributed by atoms with E-state index >= 15 is 0 Å². The smallest absolute Gasteiger partial charge is 0.385 e. The van der Waals surface area contributed by atoms with Crippen LogP contribution in [0.2, 0.25) is 5.02 Å². The molecule has 168 valence electrons. The number of aliphatic hydroxyl groups is 1. The first kappa shape index (κ1) is 23.7. The largest absolute Gasteiger partial charge is 0.417 e. The molecule has 9 heteroatoms. The second-order valence-corrected chi connectivity index (χ2v) is 8.01. The van der Waals surface area contributed by atoms with Gasteiger partial charge in [-0.15, -0.1) is 0 Å². The lowest BCUT2D eigenvalue weighted by Crippen LogP contribution is -2.54. The summed E-state index contributed by atoms with van der Waals surface area (Å²) in [5.74, 6) is -0.244. The Hall–Kier alpha value is -2.00. The molecule has 0 amide bonds. The third-order valence-corrected chi connectivity index (χ3v) is 5.84. The van der Waals surface area contributed by atoms with Gasteiger partial charge in [0, 0.05) is 18.7 Å². The molecule has 0 aromatic heterocycles. The highest BCUT2D eigenvalue weighted by atomic mass is 35.5. The van der Waals surface area contributed by atoms with E-state index in [1.54, 1.807) is 35.3 Å². The fourth-order valence-electron chi connectivity index (χ4n) is 3.71. The highest BCUT2D eigenvalue weighted by Crippen LogP contribution is 2.39. The number of rotatable bonds is 7. The molecule has 1 aliphatic rings. The monoisotopic (exact) mass is 458 g/mol. The van der Waals surface area contributed by atoms with Crippen LogP contribution < -0.4 is 5.43 Å². The van der Waals surface area contributed by atoms with Crippen LogP contribution in [0.3, 0.4) is 0 Å². The van der Waals surface area contributed by atoms with Gasteiger partial charge in [-0.05, 0) is 37.0 Å². The SMILES string of the molecule is O=C(c1ccccc1)C(CCF)NN1CCC(O)(c2ccc(Cl)c(C(F)(F)F)c2)CC1. The Kier molecular flexibility index (Phi) is 7.36. The summed E-state index contributed by atoms with van der Waals surface area (Å²) >= 11 is 5.67. The fraction of sp³-hybridized carbons (Fsp3) is 0.409. The summed E-state index contributed by atoms with van der Waals surface area (Å²) in [6, 6.07) is 11.2. The lowest BCUT2D eigenvalue weighted by atomic mass is 9.84. The lowest BCUT2D eigenvalue weighted by molar-refractivity contribution is -0.137. The first-order valence-electron chi connectivity index (χ1n) is 9.90. The van der Waals surface area contributed by atoms with Gasteiger partial charge in [-0.2, -0.15) is 13.2 Å². The summed E-state index contributed by atoms with van der Waals surface area (Å²) in [6.07, 6.45) is -4.36. The third kappa shape index (κ3) is 5.63. The Labute approximate surface area is 182 Å². The Morgan fingerprint density at radius 1 is 1.16 bits per heavy atom. The zero-order chi connectivity index (χ0) is 22.6. The molecular weight excluding hydrogens is 436 g/mol. The van der Waals surface area contributed by atoms with Crippen LogP contribution in [0.15, 0.2) is 48.5 Å². The van der Waals surface area contributed by atoms with Crippen LogP contribution >= 0.6 is 11.6 Å². The van der Waals surface area contributed by atoms with E-state index in [1.165, 1.54) is 6.07 Å². The average molecular weight is 459 g/mol. The summed E-state index contributed by atoms with van der Waals surface area (Å²) in [4.78, 5) is 12.7. The van der Waals surface area contributed by atoms with Crippen molar-refractivity contribution >= 4 is 17.4 Å². The maximum absolute atomic E-state index is 13.2. The lowest BCUT2D eigenvalue weighted by Gasteiger charge is -2.40. The van der Waals surface area contributed by atoms with E-state index in [0.717, 1.165) is 12.1 Å². The second-order valence-electron chi connectivity index (χ2n) is 7.60. The average Bonchev–Trinajstić information content (AvgIpc) is 2.74. The van der Waals surface area contributed by atoms with Crippen molar-refractivity contribution in [1.29, 1.82) is 0 Å². The molecule has 3 rings (SSSR count). The first-order valence-corrected chi connectivity index (χ1v) is 10.3. The second kappa shape index (κ2) is 9.65. The summed E-state index contributed by atoms with van der Waals surface area (Å²) < 4.78 is 52.5. The zero-order valence-corrected chi connectivity index (χ0v) is 17.4. The van der Waals surface area contributed by atoms with Gasteiger partial charge in [0.2, 0.25) is 0 Å². The highest BCUT2D eigenvalue weighted by Gasteiger charge is 2.39. The normalized spacial score (nSPS) is 18.0. The van der Waals surface area contributed by atoms with Crippen molar-refractivity contribution in [2.24, 2.45) is 0 Å². The number of nitrogens with zero attached hydrogens (tertiary/aromatic N) is 1. The highest BCUT2D eigenvalue weighted by molar-refractivity contribution is 6.31. The Balaban J connectivity index is 1.68. The van der Waals surface area contributed by atoms with Crippen molar-refractivity contribution in [3.63, 3.8) is 0 Å². The van der Waals surface area contributed by atoms with E-state index in [-0.39, 0.29) is 43.7 Å². The number of carbonyl (C=O) groups excluding carboxylic acids is 1. The molecule has 0 radical (unpaired) electrons. The molecule has 4 nitrogen and oxygen atoms in total. The standard InChI is InChI=1S/C22H23ClF4N2O2/c23-18-7-6-16(14-17(18)22(25,26)27)21(31)9-12-29(13-10-21)28-19(8-11-24)20(30)15-4-2-1-3-5-15/h1-7,14,19,28,31H,8-13H2. The van der Waals surface area contributed by atoms with Crippen LogP contribution in [0.4, 0.5) is 17.6 Å². The first-order chi connectivity index (χ1) is 14.6. The van der Waals surface area contributed by atoms with Crippen molar-refractivity contribution in [2.75, 3.05) is 19.8 Å². The van der Waals surface area contributed by atoms with E-state index in [1.807, 2.05) is 0 Å². The number of hydrazine groups is 1. The van der Waals surface area contributed by atoms with Gasteiger partial charge in [0.25, 0.3) is 0 Å². The molecule has 1 unspecified atom stereocenters. The topological polar surface area (TPSA) is 52.6 Å². The molecule has 2 N–H and O–H groups in total. The van der Waals surface area contributed by atoms with E-state index in [9.17, 15) is 27.5 Å². The molecule has 2 aromatic rings. The van der Waals surface area contributed by atoms with Gasteiger partial charge < -0.3 is 5.11 Å². The van der Waals surface area contributed by atoms with Crippen molar-refractivity contribution < 1.29 is 27.5 Å². The minimum Gasteiger partial charge on any atom is -0.385 e. The van der Waals surface area contributed by atoms with E-state index in [0.29, 0.717) is 5.56 Å². The molecule has 2 aromatic carbocycles. The van der Waals surface area contributed by atoms with Gasteiger partial charge in [0.05, 0.1) is 28.9 Å². The van der Waals surface area contributed by atoms with E-state index in [2.05, 4.69) is 5.43 Å². The van der Waals surface area contributed by atoms with Crippen molar-refractivity contribution in [1.82, 2.24) is 10.4 Å². The fourth-order valence-corrected chi connectivity index (χ4v) is 3.94. The molecule has 0 aliphatic carbocycles. The number of Topliss-reactive ketones (excluding diaryl/α,β-unsaturated/α-hetero) is 1. The van der Waals surface area contributed by atoms with Gasteiger partial charge >= 0.3 is 6.18 Å². The minimum absolute atomic E-state index is 0.0133. The van der Waals surface area contributed by atoms with E-state index < -0.39 is 35.1 Å². The third-order valence-electron chi connectivity index (χ3n) is 5.51. The van der Waals surface area contributed by atoms with Crippen LogP contribution in [0.5, 0.6) is 0 Å². The number of ketones is 1. The van der Waals surface area contributed by atoms with Crippen molar-refractivity contribution in [3.05, 3.63) is 70.2 Å². The molecule has 1 atom stereocenters. The number of alkyl halides is 4. The summed E-state index contributed by atoms with van der Waals surface area (Å²) in [5, 5.41) is 12.3. The van der Waals surface area contributed by atoms with Gasteiger partial charge in [0.1, 0.15) is 0 Å². The van der Waals surface area contributed by atoms with Crippen LogP contribution in [0.1, 0.15) is 40.7 Å². The van der Waals surface area contributed by atoms with Crippen LogP contribution in [-0.2, 0) is 11.8 Å². The number of benzene rings is 2. The summed E-state index contributed by atoms with van der Waals surface area (Å²) in [5.41, 5.74) is 1.18.